The molecule has 0 bridgehead atoms. The second kappa shape index (κ2) is 10.4. The first kappa shape index (κ1) is 24.6. The van der Waals surface area contributed by atoms with Crippen LogP contribution in [-0.2, 0) is 17.8 Å². The quantitative estimate of drug-likeness (QED) is 0.407. The molecule has 186 valence electrons. The minimum Gasteiger partial charge on any atom is -0.497 e. The Morgan fingerprint density at radius 3 is 2.22 bits per heavy atom. The number of anilines is 1. The highest BCUT2D eigenvalue weighted by Gasteiger charge is 2.20. The van der Waals surface area contributed by atoms with E-state index < -0.39 is 17.2 Å². The van der Waals surface area contributed by atoms with Crippen molar-refractivity contribution in [1.82, 2.24) is 9.13 Å². The van der Waals surface area contributed by atoms with Crippen LogP contribution in [0.15, 0.2) is 70.3 Å². The number of aromatic nitrogens is 2. The summed E-state index contributed by atoms with van der Waals surface area (Å²) < 4.78 is 18.3. The average Bonchev–Trinajstić information content (AvgIpc) is 2.91. The van der Waals surface area contributed by atoms with E-state index in [1.54, 1.807) is 24.3 Å². The molecule has 0 saturated carbocycles. The fraction of sp³-hybridized carbons (Fsp3) is 0.222. The maximum atomic E-state index is 13.7. The van der Waals surface area contributed by atoms with Crippen LogP contribution in [0, 0.1) is 0 Å². The van der Waals surface area contributed by atoms with Crippen molar-refractivity contribution in [2.75, 3.05) is 26.6 Å². The van der Waals surface area contributed by atoms with Crippen molar-refractivity contribution in [3.8, 4) is 22.9 Å². The van der Waals surface area contributed by atoms with Crippen molar-refractivity contribution in [1.29, 1.82) is 0 Å². The summed E-state index contributed by atoms with van der Waals surface area (Å²) in [4.78, 5) is 40.2. The van der Waals surface area contributed by atoms with Gasteiger partial charge in [-0.3, -0.25) is 14.2 Å². The Kier molecular flexibility index (Phi) is 7.10. The Labute approximate surface area is 207 Å². The zero-order valence-electron chi connectivity index (χ0n) is 20.5. The van der Waals surface area contributed by atoms with E-state index in [2.05, 4.69) is 5.32 Å². The van der Waals surface area contributed by atoms with Crippen LogP contribution in [0.1, 0.15) is 12.5 Å². The number of nitrogens with zero attached hydrogens (tertiary/aromatic N) is 2. The monoisotopic (exact) mass is 489 g/mol. The number of amides is 1. The lowest BCUT2D eigenvalue weighted by Gasteiger charge is -2.17. The van der Waals surface area contributed by atoms with Crippen LogP contribution < -0.4 is 30.8 Å². The van der Waals surface area contributed by atoms with E-state index in [9.17, 15) is 14.4 Å². The second-order valence-electron chi connectivity index (χ2n) is 8.03. The highest BCUT2D eigenvalue weighted by atomic mass is 16.5. The third-order valence-electron chi connectivity index (χ3n) is 5.91. The van der Waals surface area contributed by atoms with Crippen molar-refractivity contribution in [2.45, 2.75) is 19.9 Å². The van der Waals surface area contributed by atoms with E-state index in [1.807, 2.05) is 31.2 Å². The minimum absolute atomic E-state index is 0.190. The summed E-state index contributed by atoms with van der Waals surface area (Å²) in [6.07, 6.45) is 0.882. The second-order valence-corrected chi connectivity index (χ2v) is 8.03. The smallest absolute Gasteiger partial charge is 0.336 e. The molecule has 1 N–H and O–H groups in total. The molecular formula is C27H27N3O6. The summed E-state index contributed by atoms with van der Waals surface area (Å²) in [5.41, 5.74) is 1.07. The number of ether oxygens (including phenoxy) is 3. The molecule has 36 heavy (non-hydrogen) atoms. The van der Waals surface area contributed by atoms with Crippen molar-refractivity contribution < 1.29 is 19.0 Å². The number of nitrogens with one attached hydrogen (secondary N) is 1. The van der Waals surface area contributed by atoms with Gasteiger partial charge in [-0.15, -0.1) is 0 Å². The van der Waals surface area contributed by atoms with Gasteiger partial charge in [-0.25, -0.2) is 9.36 Å². The zero-order chi connectivity index (χ0) is 25.8. The lowest BCUT2D eigenvalue weighted by Crippen LogP contribution is -2.40. The Morgan fingerprint density at radius 1 is 0.889 bits per heavy atom. The van der Waals surface area contributed by atoms with Crippen LogP contribution in [0.3, 0.4) is 0 Å². The Bertz CT molecular complexity index is 1540. The molecule has 0 spiro atoms. The maximum Gasteiger partial charge on any atom is 0.336 e. The number of carbonyl (C=O) groups is 1. The van der Waals surface area contributed by atoms with Crippen molar-refractivity contribution in [3.63, 3.8) is 0 Å². The first-order valence-electron chi connectivity index (χ1n) is 11.3. The highest BCUT2D eigenvalue weighted by Crippen LogP contribution is 2.30. The van der Waals surface area contributed by atoms with E-state index >= 15 is 0 Å². The van der Waals surface area contributed by atoms with Crippen LogP contribution >= 0.6 is 0 Å². The van der Waals surface area contributed by atoms with Gasteiger partial charge in [-0.1, -0.05) is 25.1 Å². The number of hydrogen-bond donors (Lipinski definition) is 1. The predicted octanol–water partition coefficient (Wildman–Crippen LogP) is 3.38. The van der Waals surface area contributed by atoms with Crippen LogP contribution in [0.5, 0.6) is 17.2 Å². The van der Waals surface area contributed by atoms with Gasteiger partial charge in [-0.2, -0.15) is 0 Å². The van der Waals surface area contributed by atoms with Crippen LogP contribution in [0.4, 0.5) is 5.69 Å². The molecule has 9 nitrogen and oxygen atoms in total. The number of carbonyl (C=O) groups excluding carboxylic acids is 1. The van der Waals surface area contributed by atoms with E-state index in [-0.39, 0.29) is 17.4 Å². The molecule has 0 radical (unpaired) electrons. The van der Waals surface area contributed by atoms with Crippen molar-refractivity contribution in [2.24, 2.45) is 0 Å². The normalized spacial score (nSPS) is 10.8. The molecule has 0 aliphatic heterocycles. The van der Waals surface area contributed by atoms with Gasteiger partial charge in [0.05, 0.1) is 37.9 Å². The molecule has 0 saturated heterocycles. The highest BCUT2D eigenvalue weighted by molar-refractivity contribution is 5.92. The zero-order valence-corrected chi connectivity index (χ0v) is 20.5. The standard InChI is InChI=1S/C27H27N3O6/c1-5-17-9-11-18(12-10-17)28-25(31)16-29-22-15-24(36-4)23(35-3)14-21(22)26(32)30(27(29)33)19-7-6-8-20(13-19)34-2/h6-15H,5,16H2,1-4H3,(H,28,31). The predicted molar refractivity (Wildman–Crippen MR) is 138 cm³/mol. The Hall–Kier alpha value is -4.53. The molecule has 0 atom stereocenters. The summed E-state index contributed by atoms with van der Waals surface area (Å²) >= 11 is 0. The van der Waals surface area contributed by atoms with Gasteiger partial charge in [0.15, 0.2) is 11.5 Å². The van der Waals surface area contributed by atoms with Gasteiger partial charge >= 0.3 is 5.69 Å². The molecule has 0 aliphatic carbocycles. The number of hydrogen-bond acceptors (Lipinski definition) is 6. The fourth-order valence-corrected chi connectivity index (χ4v) is 3.99. The van der Waals surface area contributed by atoms with E-state index in [0.29, 0.717) is 28.6 Å². The van der Waals surface area contributed by atoms with Crippen LogP contribution in [-0.4, -0.2) is 36.4 Å². The van der Waals surface area contributed by atoms with E-state index in [4.69, 9.17) is 14.2 Å². The molecule has 4 rings (SSSR count). The molecule has 1 amide bonds. The van der Waals surface area contributed by atoms with Crippen molar-refractivity contribution in [3.05, 3.63) is 87.1 Å². The number of aryl methyl sites for hydroxylation is 1. The summed E-state index contributed by atoms with van der Waals surface area (Å²) in [6.45, 7) is 1.72. The molecule has 1 aromatic heterocycles. The molecule has 1 heterocycles. The lowest BCUT2D eigenvalue weighted by molar-refractivity contribution is -0.116. The minimum atomic E-state index is -0.676. The molecule has 0 aliphatic rings. The van der Waals surface area contributed by atoms with Crippen molar-refractivity contribution >= 4 is 22.5 Å². The van der Waals surface area contributed by atoms with Gasteiger partial charge < -0.3 is 19.5 Å². The lowest BCUT2D eigenvalue weighted by atomic mass is 10.1. The molecule has 9 heteroatoms. The molecule has 0 unspecified atom stereocenters. The summed E-state index contributed by atoms with van der Waals surface area (Å²) in [5.74, 6) is 0.705. The third kappa shape index (κ3) is 4.68. The molecule has 3 aromatic carbocycles. The summed E-state index contributed by atoms with van der Waals surface area (Å²) in [6, 6.07) is 17.1. The van der Waals surface area contributed by atoms with Gasteiger partial charge in [-0.05, 0) is 42.3 Å². The number of benzene rings is 3. The fourth-order valence-electron chi connectivity index (χ4n) is 3.99. The van der Waals surface area contributed by atoms with Gasteiger partial charge in [0.2, 0.25) is 5.91 Å². The SMILES string of the molecule is CCc1ccc(NC(=O)Cn2c(=O)n(-c3cccc(OC)c3)c(=O)c3cc(OC)c(OC)cc32)cc1. The van der Waals surface area contributed by atoms with Gasteiger partial charge in [0, 0.05) is 17.8 Å². The molecule has 0 fully saturated rings. The first-order valence-corrected chi connectivity index (χ1v) is 11.3. The molecule has 4 aromatic rings. The third-order valence-corrected chi connectivity index (χ3v) is 5.91. The summed E-state index contributed by atoms with van der Waals surface area (Å²) in [7, 11) is 4.41. The summed E-state index contributed by atoms with van der Waals surface area (Å²) in [5, 5.41) is 3.00. The average molecular weight is 490 g/mol. The Balaban J connectivity index is 1.89. The number of rotatable bonds is 8. The molecular weight excluding hydrogens is 462 g/mol. The van der Waals surface area contributed by atoms with Crippen LogP contribution in [0.2, 0.25) is 0 Å². The van der Waals surface area contributed by atoms with Gasteiger partial charge in [0.1, 0.15) is 12.3 Å². The van der Waals surface area contributed by atoms with E-state index in [0.717, 1.165) is 16.6 Å². The maximum absolute atomic E-state index is 13.7. The van der Waals surface area contributed by atoms with Gasteiger partial charge in [0.25, 0.3) is 5.56 Å². The topological polar surface area (TPSA) is 101 Å². The first-order chi connectivity index (χ1) is 17.4. The Morgan fingerprint density at radius 2 is 1.58 bits per heavy atom. The largest absolute Gasteiger partial charge is 0.497 e. The van der Waals surface area contributed by atoms with E-state index in [1.165, 1.54) is 38.0 Å². The number of fused-ring (bicyclic) bond motifs is 1. The number of methoxy groups -OCH3 is 3. The van der Waals surface area contributed by atoms with Crippen LogP contribution in [0.25, 0.3) is 16.6 Å².